The van der Waals surface area contributed by atoms with Crippen molar-refractivity contribution in [2.45, 2.75) is 13.0 Å². The molecule has 2 N–H and O–H groups in total. The van der Waals surface area contributed by atoms with Gasteiger partial charge < -0.3 is 20.1 Å². The minimum atomic E-state index is -0.748. The maximum atomic E-state index is 11.5. The van der Waals surface area contributed by atoms with E-state index in [0.29, 0.717) is 5.75 Å². The number of hydrogen-bond acceptors (Lipinski definition) is 5. The van der Waals surface area contributed by atoms with Crippen LogP contribution in [0.3, 0.4) is 0 Å². The number of nitrogens with one attached hydrogen (secondary N) is 2. The first-order chi connectivity index (χ1) is 9.46. The summed E-state index contributed by atoms with van der Waals surface area (Å²) in [6.07, 6.45) is 0. The lowest BCUT2D eigenvalue weighted by atomic mass is 10.2. The molecular formula is C13H17BrN2O4. The van der Waals surface area contributed by atoms with Gasteiger partial charge in [0.25, 0.3) is 0 Å². The molecule has 1 unspecified atom stereocenters. The number of rotatable bonds is 6. The van der Waals surface area contributed by atoms with Crippen molar-refractivity contribution < 1.29 is 19.1 Å². The molecule has 0 heterocycles. The molecular weight excluding hydrogens is 328 g/mol. The van der Waals surface area contributed by atoms with Crippen molar-refractivity contribution in [3.05, 3.63) is 22.7 Å². The monoisotopic (exact) mass is 344 g/mol. The molecule has 1 aromatic rings. The minimum Gasteiger partial charge on any atom is -0.497 e. The molecule has 0 radical (unpaired) electrons. The first-order valence-corrected chi connectivity index (χ1v) is 6.69. The zero-order valence-electron chi connectivity index (χ0n) is 11.5. The Balaban J connectivity index is 2.73. The number of anilines is 1. The van der Waals surface area contributed by atoms with Crippen molar-refractivity contribution in [1.29, 1.82) is 0 Å². The molecule has 0 bridgehead atoms. The third-order valence-electron chi connectivity index (χ3n) is 2.48. The van der Waals surface area contributed by atoms with Crippen LogP contribution in [0.25, 0.3) is 0 Å². The van der Waals surface area contributed by atoms with Crippen molar-refractivity contribution in [2.24, 2.45) is 0 Å². The first kappa shape index (κ1) is 16.3. The molecule has 1 rings (SSSR count). The lowest BCUT2D eigenvalue weighted by molar-refractivity contribution is -0.144. The molecule has 110 valence electrons. The number of hydrogen-bond donors (Lipinski definition) is 2. The molecule has 1 aromatic carbocycles. The smallest absolute Gasteiger partial charge is 0.330 e. The molecule has 0 spiro atoms. The van der Waals surface area contributed by atoms with E-state index in [2.05, 4.69) is 31.3 Å². The van der Waals surface area contributed by atoms with Crippen LogP contribution in [0.5, 0.6) is 5.75 Å². The fourth-order valence-corrected chi connectivity index (χ4v) is 2.06. The average molecular weight is 345 g/mol. The average Bonchev–Trinajstić information content (AvgIpc) is 2.41. The molecule has 0 aromatic heterocycles. The van der Waals surface area contributed by atoms with Crippen molar-refractivity contribution >= 4 is 33.5 Å². The van der Waals surface area contributed by atoms with Gasteiger partial charge in [0.2, 0.25) is 5.91 Å². The highest BCUT2D eigenvalue weighted by Gasteiger charge is 2.19. The molecule has 0 aliphatic carbocycles. The van der Waals surface area contributed by atoms with E-state index < -0.39 is 12.0 Å². The van der Waals surface area contributed by atoms with Gasteiger partial charge in [-0.1, -0.05) is 15.9 Å². The van der Waals surface area contributed by atoms with Gasteiger partial charge in [-0.15, -0.1) is 0 Å². The summed E-state index contributed by atoms with van der Waals surface area (Å²) in [5.41, 5.74) is 0.760. The summed E-state index contributed by atoms with van der Waals surface area (Å²) in [5, 5.41) is 5.58. The highest BCUT2D eigenvalue weighted by atomic mass is 79.9. The van der Waals surface area contributed by atoms with E-state index in [-0.39, 0.29) is 12.5 Å². The number of ether oxygens (including phenoxy) is 2. The summed E-state index contributed by atoms with van der Waals surface area (Å²) < 4.78 is 10.6. The van der Waals surface area contributed by atoms with Gasteiger partial charge in [0, 0.05) is 29.7 Å². The largest absolute Gasteiger partial charge is 0.497 e. The van der Waals surface area contributed by atoms with E-state index in [0.717, 1.165) is 10.2 Å². The van der Waals surface area contributed by atoms with Gasteiger partial charge in [0.1, 0.15) is 11.8 Å². The molecule has 6 nitrogen and oxygen atoms in total. The molecule has 0 saturated carbocycles. The van der Waals surface area contributed by atoms with E-state index in [1.165, 1.54) is 14.0 Å². The van der Waals surface area contributed by atoms with Gasteiger partial charge in [-0.25, -0.2) is 4.79 Å². The molecule has 0 aliphatic rings. The summed E-state index contributed by atoms with van der Waals surface area (Å²) in [5.74, 6) is -0.125. The predicted molar refractivity (Wildman–Crippen MR) is 78.8 cm³/mol. The molecule has 7 heteroatoms. The van der Waals surface area contributed by atoms with Crippen LogP contribution in [0, 0.1) is 0 Å². The summed E-state index contributed by atoms with van der Waals surface area (Å²) in [4.78, 5) is 22.6. The Morgan fingerprint density at radius 2 is 2.00 bits per heavy atom. The van der Waals surface area contributed by atoms with Crippen LogP contribution in [0.2, 0.25) is 0 Å². The first-order valence-electron chi connectivity index (χ1n) is 5.89. The van der Waals surface area contributed by atoms with E-state index >= 15 is 0 Å². The number of halogens is 1. The predicted octanol–water partition coefficient (Wildman–Crippen LogP) is 1.55. The number of carbonyl (C=O) groups excluding carboxylic acids is 2. The highest BCUT2D eigenvalue weighted by molar-refractivity contribution is 9.10. The molecule has 0 aliphatic heterocycles. The maximum absolute atomic E-state index is 11.5. The van der Waals surface area contributed by atoms with Gasteiger partial charge in [-0.3, -0.25) is 4.79 Å². The van der Waals surface area contributed by atoms with E-state index in [1.807, 2.05) is 12.1 Å². The van der Waals surface area contributed by atoms with Gasteiger partial charge in [0.15, 0.2) is 0 Å². The van der Waals surface area contributed by atoms with E-state index in [4.69, 9.17) is 4.74 Å². The zero-order chi connectivity index (χ0) is 15.1. The Hall–Kier alpha value is -1.76. The number of methoxy groups -OCH3 is 2. The summed E-state index contributed by atoms with van der Waals surface area (Å²) in [6.45, 7) is 1.56. The Morgan fingerprint density at radius 1 is 1.30 bits per heavy atom. The van der Waals surface area contributed by atoms with Crippen molar-refractivity contribution in [3.63, 3.8) is 0 Å². The normalized spacial score (nSPS) is 11.4. The molecule has 20 heavy (non-hydrogen) atoms. The van der Waals surface area contributed by atoms with E-state index in [9.17, 15) is 9.59 Å². The number of carbonyl (C=O) groups is 2. The topological polar surface area (TPSA) is 76.7 Å². The standard InChI is InChI=1S/C13H17BrN2O4/c1-8(17)16-12(13(18)20-3)7-15-10-4-9(14)5-11(6-10)19-2/h4-6,12,15H,7H2,1-3H3,(H,16,17). The van der Waals surface area contributed by atoms with Crippen LogP contribution in [-0.2, 0) is 14.3 Å². The fraction of sp³-hybridized carbons (Fsp3) is 0.385. The van der Waals surface area contributed by atoms with Crippen LogP contribution in [-0.4, -0.2) is 38.7 Å². The third kappa shape index (κ3) is 5.08. The van der Waals surface area contributed by atoms with Crippen molar-refractivity contribution in [2.75, 3.05) is 26.1 Å². The van der Waals surface area contributed by atoms with Gasteiger partial charge in [0.05, 0.1) is 14.2 Å². The van der Waals surface area contributed by atoms with Crippen LogP contribution < -0.4 is 15.4 Å². The Kier molecular flexibility index (Phi) is 6.30. The highest BCUT2D eigenvalue weighted by Crippen LogP contribution is 2.24. The SMILES string of the molecule is COC(=O)C(CNc1cc(Br)cc(OC)c1)NC(C)=O. The summed E-state index contributed by atoms with van der Waals surface area (Å²) in [6, 6.07) is 4.69. The van der Waals surface area contributed by atoms with Crippen molar-refractivity contribution in [1.82, 2.24) is 5.32 Å². The minimum absolute atomic E-state index is 0.214. The fourth-order valence-electron chi connectivity index (χ4n) is 1.58. The molecule has 0 fully saturated rings. The zero-order valence-corrected chi connectivity index (χ0v) is 13.1. The quantitative estimate of drug-likeness (QED) is 0.765. The van der Waals surface area contributed by atoms with Crippen LogP contribution in [0.1, 0.15) is 6.92 Å². The lowest BCUT2D eigenvalue weighted by Crippen LogP contribution is -2.45. The summed E-state index contributed by atoms with van der Waals surface area (Å²) >= 11 is 3.36. The second-order valence-electron chi connectivity index (χ2n) is 4.04. The lowest BCUT2D eigenvalue weighted by Gasteiger charge is -2.17. The number of amides is 1. The molecule has 1 atom stereocenters. The van der Waals surface area contributed by atoms with Gasteiger partial charge in [-0.05, 0) is 12.1 Å². The maximum Gasteiger partial charge on any atom is 0.330 e. The Labute approximate surface area is 126 Å². The van der Waals surface area contributed by atoms with Crippen molar-refractivity contribution in [3.8, 4) is 5.75 Å². The Morgan fingerprint density at radius 3 is 2.55 bits per heavy atom. The number of benzene rings is 1. The van der Waals surface area contributed by atoms with Crippen LogP contribution in [0.15, 0.2) is 22.7 Å². The third-order valence-corrected chi connectivity index (χ3v) is 2.94. The number of esters is 1. The van der Waals surface area contributed by atoms with Gasteiger partial charge in [-0.2, -0.15) is 0 Å². The van der Waals surface area contributed by atoms with Crippen LogP contribution >= 0.6 is 15.9 Å². The van der Waals surface area contributed by atoms with Gasteiger partial charge >= 0.3 is 5.97 Å². The van der Waals surface area contributed by atoms with Crippen LogP contribution in [0.4, 0.5) is 5.69 Å². The second-order valence-corrected chi connectivity index (χ2v) is 4.95. The second kappa shape index (κ2) is 7.74. The summed E-state index contributed by atoms with van der Waals surface area (Å²) in [7, 11) is 2.85. The Bertz CT molecular complexity index is 493. The molecule has 0 saturated heterocycles. The molecule has 1 amide bonds. The van der Waals surface area contributed by atoms with E-state index in [1.54, 1.807) is 13.2 Å².